The second kappa shape index (κ2) is 11.4. The molecule has 0 saturated heterocycles. The van der Waals surface area contributed by atoms with Crippen LogP contribution in [0, 0.1) is 0 Å². The number of hydrogen-bond acceptors (Lipinski definition) is 5. The first-order valence-electron chi connectivity index (χ1n) is 10.6. The number of carbonyl (C=O) groups excluding carboxylic acids is 1. The van der Waals surface area contributed by atoms with Gasteiger partial charge in [-0.2, -0.15) is 0 Å². The average molecular weight is 547 g/mol. The van der Waals surface area contributed by atoms with Crippen LogP contribution in [-0.2, 0) is 14.8 Å². The van der Waals surface area contributed by atoms with Gasteiger partial charge in [-0.1, -0.05) is 47.1 Å². The van der Waals surface area contributed by atoms with Crippen LogP contribution in [0.1, 0.15) is 24.9 Å². The Morgan fingerprint density at radius 1 is 0.971 bits per heavy atom. The van der Waals surface area contributed by atoms with E-state index >= 15 is 0 Å². The van der Waals surface area contributed by atoms with Gasteiger partial charge in [-0.25, -0.2) is 8.42 Å². The first-order chi connectivity index (χ1) is 16.3. The van der Waals surface area contributed by atoms with Gasteiger partial charge >= 0.3 is 0 Å². The Balaban J connectivity index is 1.89. The molecule has 0 aromatic heterocycles. The summed E-state index contributed by atoms with van der Waals surface area (Å²) >= 11 is 3.36. The van der Waals surface area contributed by atoms with Gasteiger partial charge in [0.15, 0.2) is 11.5 Å². The third-order valence-corrected chi connectivity index (χ3v) is 7.60. The highest BCUT2D eigenvalue weighted by atomic mass is 79.9. The molecule has 1 unspecified atom stereocenters. The van der Waals surface area contributed by atoms with Gasteiger partial charge in [0.25, 0.3) is 10.0 Å². The van der Waals surface area contributed by atoms with Gasteiger partial charge in [-0.3, -0.25) is 9.10 Å². The van der Waals surface area contributed by atoms with E-state index in [-0.39, 0.29) is 17.5 Å². The molecule has 0 aliphatic carbocycles. The van der Waals surface area contributed by atoms with Crippen molar-refractivity contribution in [2.45, 2.75) is 24.3 Å². The average Bonchev–Trinajstić information content (AvgIpc) is 2.86. The van der Waals surface area contributed by atoms with E-state index in [2.05, 4.69) is 21.2 Å². The zero-order valence-corrected chi connectivity index (χ0v) is 21.6. The zero-order valence-electron chi connectivity index (χ0n) is 19.2. The Bertz CT molecular complexity index is 1220. The molecule has 34 heavy (non-hydrogen) atoms. The Hall–Kier alpha value is -3.04. The number of amides is 1. The van der Waals surface area contributed by atoms with Gasteiger partial charge in [0, 0.05) is 4.47 Å². The highest BCUT2D eigenvalue weighted by Gasteiger charge is 2.28. The summed E-state index contributed by atoms with van der Waals surface area (Å²) in [5.41, 5.74) is 1.22. The fraction of sp³-hybridized carbons (Fsp3) is 0.240. The van der Waals surface area contributed by atoms with E-state index in [1.54, 1.807) is 68.8 Å². The SMILES string of the molecule is CCC(NC(=O)CN(c1ccc(Br)cc1)S(=O)(=O)c1ccccc1)c1ccc(OC)c(OC)c1. The topological polar surface area (TPSA) is 84.9 Å². The van der Waals surface area contributed by atoms with Crippen LogP contribution >= 0.6 is 15.9 Å². The molecule has 3 aromatic rings. The van der Waals surface area contributed by atoms with E-state index in [1.165, 1.54) is 12.1 Å². The maximum Gasteiger partial charge on any atom is 0.264 e. The van der Waals surface area contributed by atoms with Gasteiger partial charge in [0.05, 0.1) is 30.8 Å². The van der Waals surface area contributed by atoms with Crippen LogP contribution in [0.3, 0.4) is 0 Å². The van der Waals surface area contributed by atoms with Crippen LogP contribution in [0.2, 0.25) is 0 Å². The van der Waals surface area contributed by atoms with Crippen molar-refractivity contribution in [3.8, 4) is 11.5 Å². The van der Waals surface area contributed by atoms with Crippen LogP contribution in [0.5, 0.6) is 11.5 Å². The fourth-order valence-electron chi connectivity index (χ4n) is 3.50. The molecule has 180 valence electrons. The number of ether oxygens (including phenoxy) is 2. The van der Waals surface area contributed by atoms with Crippen LogP contribution in [0.15, 0.2) is 82.2 Å². The van der Waals surface area contributed by atoms with E-state index in [0.717, 1.165) is 14.3 Å². The Morgan fingerprint density at radius 2 is 1.62 bits per heavy atom. The number of anilines is 1. The van der Waals surface area contributed by atoms with Crippen molar-refractivity contribution in [2.75, 3.05) is 25.1 Å². The van der Waals surface area contributed by atoms with Crippen LogP contribution in [0.4, 0.5) is 5.69 Å². The second-order valence-corrected chi connectivity index (χ2v) is 10.2. The Labute approximate surface area is 208 Å². The summed E-state index contributed by atoms with van der Waals surface area (Å²) in [6.45, 7) is 1.57. The molecule has 0 radical (unpaired) electrons. The monoisotopic (exact) mass is 546 g/mol. The third kappa shape index (κ3) is 5.90. The highest BCUT2D eigenvalue weighted by molar-refractivity contribution is 9.10. The minimum absolute atomic E-state index is 0.109. The minimum atomic E-state index is -3.97. The first kappa shape index (κ1) is 25.6. The second-order valence-electron chi connectivity index (χ2n) is 7.44. The molecule has 0 spiro atoms. The molecule has 9 heteroatoms. The molecule has 7 nitrogen and oxygen atoms in total. The number of carbonyl (C=O) groups is 1. The summed E-state index contributed by atoms with van der Waals surface area (Å²) in [7, 11) is -0.865. The van der Waals surface area contributed by atoms with Crippen molar-refractivity contribution in [1.29, 1.82) is 0 Å². The predicted octanol–water partition coefficient (Wildman–Crippen LogP) is 4.93. The lowest BCUT2D eigenvalue weighted by Crippen LogP contribution is -2.42. The summed E-state index contributed by atoms with van der Waals surface area (Å²) in [6.07, 6.45) is 0.602. The summed E-state index contributed by atoms with van der Waals surface area (Å²) in [5.74, 6) is 0.711. The van der Waals surface area contributed by atoms with E-state index < -0.39 is 15.9 Å². The van der Waals surface area contributed by atoms with Crippen LogP contribution < -0.4 is 19.1 Å². The third-order valence-electron chi connectivity index (χ3n) is 5.29. The summed E-state index contributed by atoms with van der Waals surface area (Å²) < 4.78 is 39.5. The summed E-state index contributed by atoms with van der Waals surface area (Å²) in [4.78, 5) is 13.2. The summed E-state index contributed by atoms with van der Waals surface area (Å²) in [5, 5.41) is 2.96. The maximum atomic E-state index is 13.4. The molecule has 0 aliphatic rings. The van der Waals surface area contributed by atoms with Gasteiger partial charge in [-0.05, 0) is 60.5 Å². The molecule has 3 aromatic carbocycles. The maximum absolute atomic E-state index is 13.4. The standard InChI is InChI=1S/C25H27BrN2O5S/c1-4-22(18-10-15-23(32-2)24(16-18)33-3)27-25(29)17-28(20-13-11-19(26)12-14-20)34(30,31)21-8-6-5-7-9-21/h5-16,22H,4,17H2,1-3H3,(H,27,29). The van der Waals surface area contributed by atoms with Gasteiger partial charge in [-0.15, -0.1) is 0 Å². The normalized spacial score (nSPS) is 12.0. The lowest BCUT2D eigenvalue weighted by atomic mass is 10.0. The molecule has 1 amide bonds. The molecule has 0 fully saturated rings. The number of benzene rings is 3. The van der Waals surface area contributed by atoms with Crippen molar-refractivity contribution in [3.63, 3.8) is 0 Å². The van der Waals surface area contributed by atoms with Crippen molar-refractivity contribution in [2.24, 2.45) is 0 Å². The van der Waals surface area contributed by atoms with Crippen LogP contribution in [-0.4, -0.2) is 35.1 Å². The number of sulfonamides is 1. The number of halogens is 1. The van der Waals surface area contributed by atoms with Crippen molar-refractivity contribution < 1.29 is 22.7 Å². The minimum Gasteiger partial charge on any atom is -0.493 e. The number of nitrogens with one attached hydrogen (secondary N) is 1. The Morgan fingerprint density at radius 3 is 2.21 bits per heavy atom. The number of hydrogen-bond donors (Lipinski definition) is 1. The molecular formula is C25H27BrN2O5S. The quantitative estimate of drug-likeness (QED) is 0.389. The molecule has 0 saturated carbocycles. The van der Waals surface area contributed by atoms with E-state index in [1.807, 2.05) is 13.0 Å². The molecule has 0 aliphatic heterocycles. The smallest absolute Gasteiger partial charge is 0.264 e. The van der Waals surface area contributed by atoms with Crippen molar-refractivity contribution in [3.05, 3.63) is 82.8 Å². The lowest BCUT2D eigenvalue weighted by molar-refractivity contribution is -0.120. The first-order valence-corrected chi connectivity index (χ1v) is 12.9. The number of methoxy groups -OCH3 is 2. The van der Waals surface area contributed by atoms with E-state index in [9.17, 15) is 13.2 Å². The van der Waals surface area contributed by atoms with Crippen LogP contribution in [0.25, 0.3) is 0 Å². The molecule has 1 atom stereocenters. The zero-order chi connectivity index (χ0) is 24.7. The van der Waals surface area contributed by atoms with Gasteiger partial charge in [0.2, 0.25) is 5.91 Å². The fourth-order valence-corrected chi connectivity index (χ4v) is 5.21. The molecular weight excluding hydrogens is 520 g/mol. The van der Waals surface area contributed by atoms with E-state index in [0.29, 0.717) is 23.6 Å². The van der Waals surface area contributed by atoms with Crippen molar-refractivity contribution in [1.82, 2.24) is 5.32 Å². The predicted molar refractivity (Wildman–Crippen MR) is 136 cm³/mol. The van der Waals surface area contributed by atoms with E-state index in [4.69, 9.17) is 9.47 Å². The highest BCUT2D eigenvalue weighted by Crippen LogP contribution is 2.31. The summed E-state index contributed by atoms with van der Waals surface area (Å²) in [6, 6.07) is 19.9. The number of rotatable bonds is 10. The lowest BCUT2D eigenvalue weighted by Gasteiger charge is -2.26. The Kier molecular flexibility index (Phi) is 8.57. The van der Waals surface area contributed by atoms with Gasteiger partial charge in [0.1, 0.15) is 6.54 Å². The number of nitrogens with zero attached hydrogens (tertiary/aromatic N) is 1. The van der Waals surface area contributed by atoms with Gasteiger partial charge < -0.3 is 14.8 Å². The molecule has 1 N–H and O–H groups in total. The molecule has 0 bridgehead atoms. The van der Waals surface area contributed by atoms with Crippen molar-refractivity contribution >= 4 is 37.5 Å². The largest absolute Gasteiger partial charge is 0.493 e. The molecule has 3 rings (SSSR count). The molecule has 0 heterocycles.